The first kappa shape index (κ1) is 16.2. The Hall–Kier alpha value is -2.67. The van der Waals surface area contributed by atoms with Gasteiger partial charge in [-0.1, -0.05) is 42.1 Å². The fourth-order valence-corrected chi connectivity index (χ4v) is 2.80. The van der Waals surface area contributed by atoms with E-state index in [0.717, 1.165) is 0 Å². The third kappa shape index (κ3) is 3.80. The highest BCUT2D eigenvalue weighted by Gasteiger charge is 2.11. The molecule has 0 atom stereocenters. The molecule has 0 fully saturated rings. The van der Waals surface area contributed by atoms with Gasteiger partial charge in [0.05, 0.1) is 11.3 Å². The Labute approximate surface area is 142 Å². The first-order valence-corrected chi connectivity index (χ1v) is 8.24. The molecule has 0 bridgehead atoms. The summed E-state index contributed by atoms with van der Waals surface area (Å²) >= 11 is 1.34. The number of carbonyl (C=O) groups excluding carboxylic acids is 1. The Bertz CT molecular complexity index is 823. The lowest BCUT2D eigenvalue weighted by Crippen LogP contribution is -2.08. The van der Waals surface area contributed by atoms with Crippen LogP contribution in [0.15, 0.2) is 66.1 Å². The molecule has 3 rings (SSSR count). The Morgan fingerprint density at radius 3 is 2.67 bits per heavy atom. The van der Waals surface area contributed by atoms with E-state index in [9.17, 15) is 9.18 Å². The van der Waals surface area contributed by atoms with E-state index in [2.05, 4.69) is 10.2 Å². The number of hydrogen-bond donors (Lipinski definition) is 0. The summed E-state index contributed by atoms with van der Waals surface area (Å²) in [6.45, 7) is 0.225. The fraction of sp³-hybridized carbons (Fsp3) is 0.118. The van der Waals surface area contributed by atoms with E-state index in [1.165, 1.54) is 24.2 Å². The van der Waals surface area contributed by atoms with E-state index in [1.54, 1.807) is 47.0 Å². The minimum Gasteiger partial charge on any atom is -0.461 e. The van der Waals surface area contributed by atoms with Crippen LogP contribution >= 0.6 is 11.8 Å². The van der Waals surface area contributed by atoms with Gasteiger partial charge in [-0.15, -0.1) is 10.2 Å². The molecule has 0 saturated carbocycles. The van der Waals surface area contributed by atoms with Gasteiger partial charge in [-0.25, -0.2) is 9.18 Å². The molecule has 0 N–H and O–H groups in total. The van der Waals surface area contributed by atoms with Crippen LogP contribution < -0.4 is 0 Å². The third-order valence-corrected chi connectivity index (χ3v) is 4.09. The van der Waals surface area contributed by atoms with Crippen molar-refractivity contribution in [2.75, 3.05) is 12.4 Å². The SMILES string of the molecule is O=C(OCCSc1nncn1-c1ccccc1F)c1ccccc1. The second-order valence-corrected chi connectivity index (χ2v) is 5.85. The highest BCUT2D eigenvalue weighted by atomic mass is 32.2. The standard InChI is InChI=1S/C17H14FN3O2S/c18-14-8-4-5-9-15(14)21-12-19-20-17(21)24-11-10-23-16(22)13-6-2-1-3-7-13/h1-9,12H,10-11H2. The monoisotopic (exact) mass is 343 g/mol. The van der Waals surface area contributed by atoms with Gasteiger partial charge in [0.2, 0.25) is 0 Å². The number of halogens is 1. The molecule has 0 saturated heterocycles. The highest BCUT2D eigenvalue weighted by molar-refractivity contribution is 7.99. The number of para-hydroxylation sites is 1. The lowest BCUT2D eigenvalue weighted by molar-refractivity contribution is 0.0530. The van der Waals surface area contributed by atoms with Crippen molar-refractivity contribution in [3.05, 3.63) is 72.3 Å². The smallest absolute Gasteiger partial charge is 0.338 e. The molecule has 7 heteroatoms. The molecule has 0 radical (unpaired) electrons. The summed E-state index contributed by atoms with van der Waals surface area (Å²) in [7, 11) is 0. The van der Waals surface area contributed by atoms with Crippen molar-refractivity contribution in [1.82, 2.24) is 14.8 Å². The topological polar surface area (TPSA) is 57.0 Å². The second kappa shape index (κ2) is 7.74. The van der Waals surface area contributed by atoms with Gasteiger partial charge >= 0.3 is 5.97 Å². The largest absolute Gasteiger partial charge is 0.461 e. The van der Waals surface area contributed by atoms with Crippen LogP contribution in [0, 0.1) is 5.82 Å². The number of hydrogen-bond acceptors (Lipinski definition) is 5. The van der Waals surface area contributed by atoms with Crippen LogP contribution in [0.2, 0.25) is 0 Å². The fourth-order valence-electron chi connectivity index (χ4n) is 2.06. The van der Waals surface area contributed by atoms with Crippen LogP contribution in [0.1, 0.15) is 10.4 Å². The van der Waals surface area contributed by atoms with E-state index in [-0.39, 0.29) is 18.4 Å². The summed E-state index contributed by atoms with van der Waals surface area (Å²) in [5.74, 6) is -0.229. The Morgan fingerprint density at radius 1 is 1.12 bits per heavy atom. The zero-order valence-electron chi connectivity index (χ0n) is 12.6. The predicted molar refractivity (Wildman–Crippen MR) is 88.8 cm³/mol. The molecule has 0 aliphatic carbocycles. The molecule has 0 aliphatic heterocycles. The zero-order valence-corrected chi connectivity index (χ0v) is 13.4. The lowest BCUT2D eigenvalue weighted by atomic mass is 10.2. The Kier molecular flexibility index (Phi) is 5.22. The number of aromatic nitrogens is 3. The van der Waals surface area contributed by atoms with Crippen molar-refractivity contribution < 1.29 is 13.9 Å². The minimum atomic E-state index is -0.369. The third-order valence-electron chi connectivity index (χ3n) is 3.19. The number of esters is 1. The molecule has 0 aliphatic rings. The Balaban J connectivity index is 1.56. The summed E-state index contributed by atoms with van der Waals surface area (Å²) in [4.78, 5) is 11.8. The average molecular weight is 343 g/mol. The van der Waals surface area contributed by atoms with Gasteiger partial charge in [-0.05, 0) is 24.3 Å². The van der Waals surface area contributed by atoms with Gasteiger partial charge in [0, 0.05) is 5.75 Å². The number of benzene rings is 2. The number of carbonyl (C=O) groups is 1. The summed E-state index contributed by atoms with van der Waals surface area (Å²) in [6.07, 6.45) is 1.46. The minimum absolute atomic E-state index is 0.225. The molecule has 2 aromatic carbocycles. The van der Waals surface area contributed by atoms with Crippen LogP contribution in [-0.4, -0.2) is 33.1 Å². The maximum atomic E-state index is 13.9. The van der Waals surface area contributed by atoms with Crippen LogP contribution in [0.3, 0.4) is 0 Å². The molecule has 1 heterocycles. The van der Waals surface area contributed by atoms with E-state index in [0.29, 0.717) is 22.2 Å². The van der Waals surface area contributed by atoms with Gasteiger partial charge < -0.3 is 4.74 Å². The van der Waals surface area contributed by atoms with Crippen molar-refractivity contribution in [2.24, 2.45) is 0 Å². The van der Waals surface area contributed by atoms with Gasteiger partial charge in [0.15, 0.2) is 5.16 Å². The summed E-state index contributed by atoms with van der Waals surface area (Å²) in [5.41, 5.74) is 0.892. The van der Waals surface area contributed by atoms with Crippen molar-refractivity contribution >= 4 is 17.7 Å². The molecule has 0 spiro atoms. The lowest BCUT2D eigenvalue weighted by Gasteiger charge is -2.07. The first-order valence-electron chi connectivity index (χ1n) is 7.25. The second-order valence-electron chi connectivity index (χ2n) is 4.79. The van der Waals surface area contributed by atoms with Crippen molar-refractivity contribution in [3.8, 4) is 5.69 Å². The van der Waals surface area contributed by atoms with Crippen LogP contribution in [0.4, 0.5) is 4.39 Å². The van der Waals surface area contributed by atoms with E-state index >= 15 is 0 Å². The molecule has 0 unspecified atom stereocenters. The molecule has 3 aromatic rings. The maximum Gasteiger partial charge on any atom is 0.338 e. The van der Waals surface area contributed by atoms with Crippen LogP contribution in [0.25, 0.3) is 5.69 Å². The maximum absolute atomic E-state index is 13.9. The van der Waals surface area contributed by atoms with Gasteiger partial charge in [0.1, 0.15) is 18.8 Å². The molecular weight excluding hydrogens is 329 g/mol. The number of nitrogens with zero attached hydrogens (tertiary/aromatic N) is 3. The summed E-state index contributed by atoms with van der Waals surface area (Å²) in [6, 6.07) is 15.2. The number of ether oxygens (including phenoxy) is 1. The van der Waals surface area contributed by atoms with Crippen LogP contribution in [0.5, 0.6) is 0 Å². The molecule has 1 aromatic heterocycles. The van der Waals surface area contributed by atoms with Crippen molar-refractivity contribution in [3.63, 3.8) is 0 Å². The molecule has 5 nitrogen and oxygen atoms in total. The quantitative estimate of drug-likeness (QED) is 0.390. The predicted octanol–water partition coefficient (Wildman–Crippen LogP) is 3.36. The normalized spacial score (nSPS) is 10.5. The average Bonchev–Trinajstić information content (AvgIpc) is 3.08. The molecule has 0 amide bonds. The highest BCUT2D eigenvalue weighted by Crippen LogP contribution is 2.21. The van der Waals surface area contributed by atoms with E-state index in [4.69, 9.17) is 4.74 Å². The summed E-state index contributed by atoms with van der Waals surface area (Å²) < 4.78 is 20.6. The van der Waals surface area contributed by atoms with E-state index < -0.39 is 0 Å². The first-order chi connectivity index (χ1) is 11.8. The van der Waals surface area contributed by atoms with Crippen molar-refractivity contribution in [2.45, 2.75) is 5.16 Å². The van der Waals surface area contributed by atoms with Gasteiger partial charge in [0.25, 0.3) is 0 Å². The molecule has 24 heavy (non-hydrogen) atoms. The number of thioether (sulfide) groups is 1. The van der Waals surface area contributed by atoms with Gasteiger partial charge in [-0.3, -0.25) is 4.57 Å². The number of rotatable bonds is 6. The van der Waals surface area contributed by atoms with Crippen molar-refractivity contribution in [1.29, 1.82) is 0 Å². The molecule has 122 valence electrons. The van der Waals surface area contributed by atoms with E-state index in [1.807, 2.05) is 6.07 Å². The van der Waals surface area contributed by atoms with Gasteiger partial charge in [-0.2, -0.15) is 0 Å². The molecular formula is C17H14FN3O2S. The van der Waals surface area contributed by atoms with Crippen LogP contribution in [-0.2, 0) is 4.74 Å². The zero-order chi connectivity index (χ0) is 16.8. The summed E-state index contributed by atoms with van der Waals surface area (Å²) in [5, 5.41) is 8.33. The Morgan fingerprint density at radius 2 is 1.88 bits per heavy atom.